The summed E-state index contributed by atoms with van der Waals surface area (Å²) in [5.74, 6) is -0.215. The highest BCUT2D eigenvalue weighted by Gasteiger charge is 2.29. The molecule has 25 heavy (non-hydrogen) atoms. The Morgan fingerprint density at radius 1 is 1.24 bits per heavy atom. The smallest absolute Gasteiger partial charge is 0.344 e. The molecule has 1 aliphatic rings. The van der Waals surface area contributed by atoms with Gasteiger partial charge in [-0.2, -0.15) is 0 Å². The van der Waals surface area contributed by atoms with Gasteiger partial charge < -0.3 is 14.1 Å². The maximum Gasteiger partial charge on any atom is 0.344 e. The Hall–Kier alpha value is -2.15. The lowest BCUT2D eigenvalue weighted by Gasteiger charge is -2.26. The van der Waals surface area contributed by atoms with Crippen LogP contribution < -0.4 is 10.2 Å². The second kappa shape index (κ2) is 8.29. The third-order valence-electron chi connectivity index (χ3n) is 4.56. The Bertz CT molecular complexity index is 657. The van der Waals surface area contributed by atoms with E-state index in [0.29, 0.717) is 18.2 Å². The quantitative estimate of drug-likeness (QED) is 0.594. The lowest BCUT2D eigenvalue weighted by atomic mass is 9.99. The summed E-state index contributed by atoms with van der Waals surface area (Å²) in [6.07, 6.45) is 2.20. The first-order valence-electron chi connectivity index (χ1n) is 8.78. The van der Waals surface area contributed by atoms with Crippen LogP contribution in [0.15, 0.2) is 4.42 Å². The molecule has 1 aliphatic heterocycles. The molecule has 2 N–H and O–H groups in total. The molecular weight excluding hydrogens is 324 g/mol. The molecule has 1 fully saturated rings. The molecule has 1 amide bonds. The van der Waals surface area contributed by atoms with E-state index in [1.807, 2.05) is 0 Å². The number of esters is 1. The number of hydrogen-bond acceptors (Lipinski definition) is 5. The van der Waals surface area contributed by atoms with Crippen molar-refractivity contribution in [1.29, 1.82) is 0 Å². The number of ether oxygens (including phenoxy) is 1. The molecule has 0 bridgehead atoms. The van der Waals surface area contributed by atoms with Gasteiger partial charge >= 0.3 is 5.97 Å². The number of quaternary nitrogens is 1. The lowest BCUT2D eigenvalue weighted by molar-refractivity contribution is -0.897. The highest BCUT2D eigenvalue weighted by molar-refractivity contribution is 6.10. The first-order chi connectivity index (χ1) is 11.8. The summed E-state index contributed by atoms with van der Waals surface area (Å²) in [5.41, 5.74) is 0.162. The summed E-state index contributed by atoms with van der Waals surface area (Å²) in [7, 11) is 0. The maximum atomic E-state index is 12.4. The number of anilines is 1. The van der Waals surface area contributed by atoms with Crippen molar-refractivity contribution in [2.75, 3.05) is 31.6 Å². The van der Waals surface area contributed by atoms with E-state index in [1.165, 1.54) is 11.8 Å². The number of aryl methyl sites for hydroxylation is 1. The van der Waals surface area contributed by atoms with Crippen LogP contribution in [0.5, 0.6) is 0 Å². The van der Waals surface area contributed by atoms with Gasteiger partial charge in [-0.25, -0.2) is 4.79 Å². The van der Waals surface area contributed by atoms with E-state index < -0.39 is 5.97 Å². The van der Waals surface area contributed by atoms with Crippen molar-refractivity contribution in [3.63, 3.8) is 0 Å². The molecule has 1 aromatic heterocycles. The van der Waals surface area contributed by atoms with Crippen LogP contribution in [0.3, 0.4) is 0 Å². The number of furan rings is 1. The van der Waals surface area contributed by atoms with E-state index in [1.54, 1.807) is 13.8 Å². The molecule has 0 unspecified atom stereocenters. The van der Waals surface area contributed by atoms with Crippen LogP contribution in [-0.2, 0) is 9.53 Å². The fourth-order valence-corrected chi connectivity index (χ4v) is 3.20. The number of carbonyl (C=O) groups is 3. The van der Waals surface area contributed by atoms with Crippen LogP contribution >= 0.6 is 0 Å². The van der Waals surface area contributed by atoms with Crippen molar-refractivity contribution in [3.05, 3.63) is 16.9 Å². The average molecular weight is 351 g/mol. The Labute approximate surface area is 147 Å². The van der Waals surface area contributed by atoms with Crippen molar-refractivity contribution in [2.24, 2.45) is 5.92 Å². The molecule has 0 aromatic carbocycles. The van der Waals surface area contributed by atoms with Crippen LogP contribution in [-0.4, -0.2) is 43.9 Å². The molecule has 0 atom stereocenters. The van der Waals surface area contributed by atoms with Crippen LogP contribution in [0, 0.1) is 12.8 Å². The summed E-state index contributed by atoms with van der Waals surface area (Å²) < 4.78 is 10.5. The van der Waals surface area contributed by atoms with Gasteiger partial charge in [0.05, 0.1) is 25.3 Å². The van der Waals surface area contributed by atoms with Crippen LogP contribution in [0.4, 0.5) is 5.88 Å². The first kappa shape index (κ1) is 19.2. The van der Waals surface area contributed by atoms with Crippen LogP contribution in [0.1, 0.15) is 60.1 Å². The van der Waals surface area contributed by atoms with Gasteiger partial charge in [-0.05, 0) is 39.5 Å². The number of rotatable bonds is 6. The molecule has 1 saturated heterocycles. The zero-order valence-electron chi connectivity index (χ0n) is 15.4. The SMILES string of the molecule is CCOC(=O)c1c(NC(=O)C[NH+]2CCC(C)CC2)oc(C)c1C(C)=O. The van der Waals surface area contributed by atoms with Gasteiger partial charge in [0.15, 0.2) is 12.3 Å². The monoisotopic (exact) mass is 351 g/mol. The van der Waals surface area contributed by atoms with Crippen molar-refractivity contribution in [2.45, 2.75) is 40.5 Å². The normalized spacial score (nSPS) is 20.2. The van der Waals surface area contributed by atoms with Crippen molar-refractivity contribution >= 4 is 23.5 Å². The number of Topliss-reactive ketones (excluding diaryl/α,β-unsaturated/α-hetero) is 1. The Balaban J connectivity index is 2.15. The zero-order chi connectivity index (χ0) is 18.6. The predicted octanol–water partition coefficient (Wildman–Crippen LogP) is 1.22. The van der Waals surface area contributed by atoms with E-state index in [-0.39, 0.29) is 35.3 Å². The van der Waals surface area contributed by atoms with Crippen molar-refractivity contribution < 1.29 is 28.4 Å². The zero-order valence-corrected chi connectivity index (χ0v) is 15.4. The number of carbonyl (C=O) groups excluding carboxylic acids is 3. The van der Waals surface area contributed by atoms with Gasteiger partial charge in [0.25, 0.3) is 5.91 Å². The number of amides is 1. The van der Waals surface area contributed by atoms with Gasteiger partial charge in [-0.3, -0.25) is 14.9 Å². The maximum absolute atomic E-state index is 12.4. The van der Waals surface area contributed by atoms with Gasteiger partial charge in [-0.1, -0.05) is 6.92 Å². The lowest BCUT2D eigenvalue weighted by Crippen LogP contribution is -3.14. The first-order valence-corrected chi connectivity index (χ1v) is 8.78. The summed E-state index contributed by atoms with van der Waals surface area (Å²) in [6.45, 7) is 9.23. The Morgan fingerprint density at radius 3 is 2.44 bits per heavy atom. The highest BCUT2D eigenvalue weighted by atomic mass is 16.5. The van der Waals surface area contributed by atoms with E-state index >= 15 is 0 Å². The fraction of sp³-hybridized carbons (Fsp3) is 0.611. The van der Waals surface area contributed by atoms with Crippen molar-refractivity contribution in [1.82, 2.24) is 0 Å². The Morgan fingerprint density at radius 2 is 1.88 bits per heavy atom. The minimum atomic E-state index is -0.668. The van der Waals surface area contributed by atoms with E-state index in [2.05, 4.69) is 12.2 Å². The summed E-state index contributed by atoms with van der Waals surface area (Å²) in [5, 5.41) is 2.64. The molecule has 2 rings (SSSR count). The van der Waals surface area contributed by atoms with Crippen molar-refractivity contribution in [3.8, 4) is 0 Å². The fourth-order valence-electron chi connectivity index (χ4n) is 3.20. The number of nitrogens with one attached hydrogen (secondary N) is 2. The Kier molecular flexibility index (Phi) is 6.36. The second-order valence-corrected chi connectivity index (χ2v) is 6.67. The molecule has 7 heteroatoms. The molecule has 0 spiro atoms. The summed E-state index contributed by atoms with van der Waals surface area (Å²) in [6, 6.07) is 0. The molecule has 0 aliphatic carbocycles. The predicted molar refractivity (Wildman–Crippen MR) is 92.0 cm³/mol. The topological polar surface area (TPSA) is 90.0 Å². The minimum absolute atomic E-state index is 0.00228. The highest BCUT2D eigenvalue weighted by Crippen LogP contribution is 2.28. The molecule has 2 heterocycles. The number of piperidine rings is 1. The number of likely N-dealkylation sites (tertiary alicyclic amines) is 1. The van der Waals surface area contributed by atoms with Gasteiger partial charge in [-0.15, -0.1) is 0 Å². The largest absolute Gasteiger partial charge is 0.462 e. The van der Waals surface area contributed by atoms with Gasteiger partial charge in [0.1, 0.15) is 11.3 Å². The third-order valence-corrected chi connectivity index (χ3v) is 4.56. The van der Waals surface area contributed by atoms with Gasteiger partial charge in [0, 0.05) is 0 Å². The van der Waals surface area contributed by atoms with Crippen LogP contribution in [0.25, 0.3) is 0 Å². The third kappa shape index (κ3) is 4.69. The summed E-state index contributed by atoms with van der Waals surface area (Å²) >= 11 is 0. The van der Waals surface area contributed by atoms with E-state index in [9.17, 15) is 14.4 Å². The molecule has 1 aromatic rings. The van der Waals surface area contributed by atoms with E-state index in [0.717, 1.165) is 25.9 Å². The number of ketones is 1. The molecular formula is C18H27N2O5+. The molecule has 0 radical (unpaired) electrons. The van der Waals surface area contributed by atoms with Crippen LogP contribution in [0.2, 0.25) is 0 Å². The second-order valence-electron chi connectivity index (χ2n) is 6.67. The molecule has 138 valence electrons. The minimum Gasteiger partial charge on any atom is -0.462 e. The van der Waals surface area contributed by atoms with E-state index in [4.69, 9.17) is 9.15 Å². The standard InChI is InChI=1S/C18H26N2O5/c1-5-24-18(23)16-15(12(3)21)13(4)25-17(16)19-14(22)10-20-8-6-11(2)7-9-20/h11H,5-10H2,1-4H3,(H,19,22)/p+1. The molecule has 0 saturated carbocycles. The average Bonchev–Trinajstić information content (AvgIpc) is 2.86. The number of hydrogen-bond donors (Lipinski definition) is 2. The van der Waals surface area contributed by atoms with Gasteiger partial charge in [0.2, 0.25) is 5.88 Å². The summed E-state index contributed by atoms with van der Waals surface area (Å²) in [4.78, 5) is 37.6. The molecule has 7 nitrogen and oxygen atoms in total.